The first-order valence-corrected chi connectivity index (χ1v) is 9.45. The van der Waals surface area contributed by atoms with E-state index >= 15 is 0 Å². The molecule has 1 unspecified atom stereocenters. The second-order valence-electron chi connectivity index (χ2n) is 6.38. The highest BCUT2D eigenvalue weighted by atomic mass is 16.5. The van der Waals surface area contributed by atoms with Crippen molar-refractivity contribution in [3.05, 3.63) is 35.9 Å². The van der Waals surface area contributed by atoms with Gasteiger partial charge in [0.1, 0.15) is 0 Å². The number of hydrogen-bond donors (Lipinski definition) is 0. The van der Waals surface area contributed by atoms with E-state index in [4.69, 9.17) is 9.47 Å². The Bertz CT molecular complexity index is 571. The van der Waals surface area contributed by atoms with Gasteiger partial charge in [-0.1, -0.05) is 49.6 Å². The third kappa shape index (κ3) is 8.28. The Morgan fingerprint density at radius 1 is 1.00 bits per heavy atom. The van der Waals surface area contributed by atoms with Crippen LogP contribution in [0.15, 0.2) is 35.3 Å². The minimum Gasteiger partial charge on any atom is -0.466 e. The van der Waals surface area contributed by atoms with Crippen molar-refractivity contribution < 1.29 is 19.1 Å². The van der Waals surface area contributed by atoms with Gasteiger partial charge >= 0.3 is 11.9 Å². The molecule has 0 spiro atoms. The van der Waals surface area contributed by atoms with Gasteiger partial charge < -0.3 is 9.47 Å². The number of carbonyl (C=O) groups excluding carboxylic acids is 2. The number of esters is 2. The van der Waals surface area contributed by atoms with E-state index in [9.17, 15) is 9.59 Å². The minimum absolute atomic E-state index is 0.142. The second-order valence-corrected chi connectivity index (χ2v) is 6.38. The van der Waals surface area contributed by atoms with Crippen LogP contribution in [0.1, 0.15) is 64.9 Å². The van der Waals surface area contributed by atoms with Gasteiger partial charge in [0.25, 0.3) is 0 Å². The molecule has 26 heavy (non-hydrogen) atoms. The summed E-state index contributed by atoms with van der Waals surface area (Å²) >= 11 is 0. The van der Waals surface area contributed by atoms with E-state index in [0.29, 0.717) is 26.1 Å². The number of hydrogen-bond acceptors (Lipinski definition) is 5. The SMILES string of the molecule is CCOC(=O)CCCCCCC(C)(/N=C/c1ccccc1)C(=O)OCC. The Hall–Kier alpha value is -2.17. The normalized spacial score (nSPS) is 13.3. The highest BCUT2D eigenvalue weighted by molar-refractivity contribution is 5.86. The standard InChI is InChI=1S/C21H31NO4/c1-4-25-19(23)15-11-6-7-12-16-21(3,20(24)26-5-2)22-17-18-13-9-8-10-14-18/h8-10,13-14,17H,4-7,11-12,15-16H2,1-3H3/b22-17+. The molecular formula is C21H31NO4. The van der Waals surface area contributed by atoms with Crippen LogP contribution in [0.25, 0.3) is 0 Å². The summed E-state index contributed by atoms with van der Waals surface area (Å²) in [6.45, 7) is 6.20. The smallest absolute Gasteiger partial charge is 0.333 e. The molecule has 5 heteroatoms. The predicted octanol–water partition coefficient (Wildman–Crippen LogP) is 4.33. The van der Waals surface area contributed by atoms with Crippen LogP contribution in [-0.2, 0) is 19.1 Å². The van der Waals surface area contributed by atoms with Crippen LogP contribution in [0.4, 0.5) is 0 Å². The number of benzene rings is 1. The van der Waals surface area contributed by atoms with E-state index in [0.717, 1.165) is 31.2 Å². The van der Waals surface area contributed by atoms with Crippen molar-refractivity contribution in [3.8, 4) is 0 Å². The molecule has 1 atom stereocenters. The number of carbonyl (C=O) groups is 2. The molecule has 0 saturated heterocycles. The lowest BCUT2D eigenvalue weighted by Crippen LogP contribution is -2.35. The Morgan fingerprint density at radius 3 is 2.31 bits per heavy atom. The predicted molar refractivity (Wildman–Crippen MR) is 103 cm³/mol. The number of rotatable bonds is 12. The van der Waals surface area contributed by atoms with Gasteiger partial charge in [0, 0.05) is 12.6 Å². The second kappa shape index (κ2) is 12.2. The topological polar surface area (TPSA) is 65.0 Å². The Balaban J connectivity index is 2.51. The lowest BCUT2D eigenvalue weighted by atomic mass is 9.94. The van der Waals surface area contributed by atoms with Gasteiger partial charge in [-0.15, -0.1) is 0 Å². The van der Waals surface area contributed by atoms with Crippen LogP contribution in [0.3, 0.4) is 0 Å². The van der Waals surface area contributed by atoms with Crippen molar-refractivity contribution in [1.29, 1.82) is 0 Å². The Labute approximate surface area is 156 Å². The lowest BCUT2D eigenvalue weighted by Gasteiger charge is -2.23. The summed E-state index contributed by atoms with van der Waals surface area (Å²) in [5.74, 6) is -0.435. The first-order valence-electron chi connectivity index (χ1n) is 9.45. The lowest BCUT2D eigenvalue weighted by molar-refractivity contribution is -0.149. The zero-order valence-electron chi connectivity index (χ0n) is 16.2. The maximum Gasteiger partial charge on any atom is 0.333 e. The molecular weight excluding hydrogens is 330 g/mol. The van der Waals surface area contributed by atoms with E-state index < -0.39 is 5.54 Å². The summed E-state index contributed by atoms with van der Waals surface area (Å²) in [5.41, 5.74) is 0.0740. The number of ether oxygens (including phenoxy) is 2. The first-order chi connectivity index (χ1) is 12.5. The van der Waals surface area contributed by atoms with E-state index in [1.54, 1.807) is 13.1 Å². The molecule has 1 rings (SSSR count). The molecule has 0 heterocycles. The quantitative estimate of drug-likeness (QED) is 0.316. The Kier molecular flexibility index (Phi) is 10.3. The molecule has 0 radical (unpaired) electrons. The molecule has 0 fully saturated rings. The van der Waals surface area contributed by atoms with E-state index in [1.165, 1.54) is 0 Å². The van der Waals surface area contributed by atoms with Gasteiger partial charge in [-0.2, -0.15) is 0 Å². The molecule has 0 aliphatic heterocycles. The van der Waals surface area contributed by atoms with Gasteiger partial charge in [0.15, 0.2) is 5.54 Å². The van der Waals surface area contributed by atoms with Gasteiger partial charge in [-0.3, -0.25) is 9.79 Å². The van der Waals surface area contributed by atoms with Crippen LogP contribution >= 0.6 is 0 Å². The first kappa shape index (κ1) is 21.9. The molecule has 1 aromatic rings. The summed E-state index contributed by atoms with van der Waals surface area (Å²) < 4.78 is 10.1. The van der Waals surface area contributed by atoms with Crippen LogP contribution in [0, 0.1) is 0 Å². The number of unbranched alkanes of at least 4 members (excludes halogenated alkanes) is 3. The maximum atomic E-state index is 12.4. The number of aliphatic imine (C=N–C) groups is 1. The van der Waals surface area contributed by atoms with Crippen LogP contribution in [0.5, 0.6) is 0 Å². The molecule has 144 valence electrons. The fraction of sp³-hybridized carbons (Fsp3) is 0.571. The Morgan fingerprint density at radius 2 is 1.65 bits per heavy atom. The summed E-state index contributed by atoms with van der Waals surface area (Å²) in [6, 6.07) is 9.71. The monoisotopic (exact) mass is 361 g/mol. The van der Waals surface area contributed by atoms with Gasteiger partial charge in [0.05, 0.1) is 13.2 Å². The molecule has 0 aliphatic rings. The van der Waals surface area contributed by atoms with Gasteiger partial charge in [0.2, 0.25) is 0 Å². The van der Waals surface area contributed by atoms with Crippen LogP contribution in [-0.4, -0.2) is 36.9 Å². The zero-order valence-corrected chi connectivity index (χ0v) is 16.2. The average molecular weight is 361 g/mol. The van der Waals surface area contributed by atoms with Crippen LogP contribution < -0.4 is 0 Å². The molecule has 0 aliphatic carbocycles. The summed E-state index contributed by atoms with van der Waals surface area (Å²) in [7, 11) is 0. The van der Waals surface area contributed by atoms with Crippen LogP contribution in [0.2, 0.25) is 0 Å². The highest BCUT2D eigenvalue weighted by Crippen LogP contribution is 2.22. The molecule has 0 bridgehead atoms. The molecule has 0 saturated carbocycles. The van der Waals surface area contributed by atoms with Crippen molar-refractivity contribution in [2.45, 2.75) is 64.8 Å². The molecule has 0 amide bonds. The summed E-state index contributed by atoms with van der Waals surface area (Å²) in [5, 5.41) is 0. The van der Waals surface area contributed by atoms with Crippen molar-refractivity contribution in [2.24, 2.45) is 4.99 Å². The fourth-order valence-electron chi connectivity index (χ4n) is 2.59. The van der Waals surface area contributed by atoms with E-state index in [2.05, 4.69) is 4.99 Å². The summed E-state index contributed by atoms with van der Waals surface area (Å²) in [6.07, 6.45) is 6.34. The molecule has 0 aromatic heterocycles. The minimum atomic E-state index is -0.882. The number of nitrogens with zero attached hydrogens (tertiary/aromatic N) is 1. The zero-order chi connectivity index (χ0) is 19.3. The third-order valence-corrected chi connectivity index (χ3v) is 4.11. The van der Waals surface area contributed by atoms with E-state index in [1.807, 2.05) is 44.2 Å². The molecule has 5 nitrogen and oxygen atoms in total. The third-order valence-electron chi connectivity index (χ3n) is 4.11. The van der Waals surface area contributed by atoms with Gasteiger partial charge in [-0.25, -0.2) is 4.79 Å². The largest absolute Gasteiger partial charge is 0.466 e. The van der Waals surface area contributed by atoms with E-state index in [-0.39, 0.29) is 11.9 Å². The van der Waals surface area contributed by atoms with Gasteiger partial charge in [-0.05, 0) is 39.2 Å². The van der Waals surface area contributed by atoms with Crippen molar-refractivity contribution in [1.82, 2.24) is 0 Å². The van der Waals surface area contributed by atoms with Crippen molar-refractivity contribution >= 4 is 18.2 Å². The molecule has 1 aromatic carbocycles. The molecule has 0 N–H and O–H groups in total. The maximum absolute atomic E-state index is 12.4. The average Bonchev–Trinajstić information content (AvgIpc) is 2.64. The van der Waals surface area contributed by atoms with Crippen molar-refractivity contribution in [3.63, 3.8) is 0 Å². The fourth-order valence-corrected chi connectivity index (χ4v) is 2.59. The summed E-state index contributed by atoms with van der Waals surface area (Å²) in [4.78, 5) is 28.2. The highest BCUT2D eigenvalue weighted by Gasteiger charge is 2.33. The van der Waals surface area contributed by atoms with Crippen molar-refractivity contribution in [2.75, 3.05) is 13.2 Å².